The quantitative estimate of drug-likeness (QED) is 0.418. The van der Waals surface area contributed by atoms with Gasteiger partial charge in [0, 0.05) is 12.3 Å². The average molecular weight is 386 g/mol. The fourth-order valence-electron chi connectivity index (χ4n) is 2.37. The Labute approximate surface area is 165 Å². The number of rotatable bonds is 0. The third-order valence-corrected chi connectivity index (χ3v) is 3.17. The average Bonchev–Trinajstić information content (AvgIpc) is 3.13. The number of carbonyl (C=O) groups is 1. The van der Waals surface area contributed by atoms with Crippen LogP contribution in [0.3, 0.4) is 0 Å². The zero-order valence-electron chi connectivity index (χ0n) is 17.8. The largest absolute Gasteiger partial charge is 0.481 e. The first-order valence-electron chi connectivity index (χ1n) is 9.65. The number of benzene rings is 2. The molecular weight excluding hydrogens is 354 g/mol. The summed E-state index contributed by atoms with van der Waals surface area (Å²) in [5.41, 5.74) is 3.03. The van der Waals surface area contributed by atoms with Crippen LogP contribution in [-0.4, -0.2) is 25.4 Å². The first-order chi connectivity index (χ1) is 13.6. The number of H-pyrrole nitrogens is 1. The highest BCUT2D eigenvalue weighted by Crippen LogP contribution is 2.20. The molecule has 0 bridgehead atoms. The van der Waals surface area contributed by atoms with Crippen LogP contribution in [0.2, 0.25) is 0 Å². The molecule has 0 saturated carbocycles. The van der Waals surface area contributed by atoms with Crippen LogP contribution in [0.1, 0.15) is 48.5 Å². The minimum absolute atomic E-state index is 0.155. The van der Waals surface area contributed by atoms with Crippen LogP contribution >= 0.6 is 0 Å². The van der Waals surface area contributed by atoms with E-state index in [1.165, 1.54) is 0 Å². The summed E-state index contributed by atoms with van der Waals surface area (Å²) in [6.07, 6.45) is 0. The molecular formula is C22H31N3O3. The van der Waals surface area contributed by atoms with E-state index in [1.807, 2.05) is 90.1 Å². The second-order valence-electron chi connectivity index (χ2n) is 4.75. The van der Waals surface area contributed by atoms with Crippen molar-refractivity contribution in [3.05, 3.63) is 59.0 Å². The maximum absolute atomic E-state index is 12.1. The molecule has 0 aliphatic rings. The lowest BCUT2D eigenvalue weighted by Crippen LogP contribution is -2.15. The molecule has 0 unspecified atom stereocenters. The summed E-state index contributed by atoms with van der Waals surface area (Å²) < 4.78 is 1.62. The Balaban J connectivity index is 0.000000632. The van der Waals surface area contributed by atoms with Crippen molar-refractivity contribution in [2.75, 3.05) is 0 Å². The van der Waals surface area contributed by atoms with E-state index in [9.17, 15) is 4.79 Å². The number of hydrogen-bond donors (Lipinski definition) is 2. The molecule has 152 valence electrons. The lowest BCUT2D eigenvalue weighted by Gasteiger charge is -1.99. The maximum atomic E-state index is 12.1. The molecule has 6 heteroatoms. The summed E-state index contributed by atoms with van der Waals surface area (Å²) in [5, 5.41) is 8.37. The van der Waals surface area contributed by atoms with Crippen molar-refractivity contribution >= 4 is 33.6 Å². The van der Waals surface area contributed by atoms with Crippen LogP contribution in [-0.2, 0) is 4.79 Å². The van der Waals surface area contributed by atoms with Gasteiger partial charge in [-0.05, 0) is 24.3 Å². The Hall–Kier alpha value is -3.15. The van der Waals surface area contributed by atoms with Crippen molar-refractivity contribution in [3.8, 4) is 0 Å². The van der Waals surface area contributed by atoms with Crippen LogP contribution in [0.5, 0.6) is 0 Å². The standard InChI is InChI=1S/C14H9N3O.C2H4O2.3C2H6/c18-14-16-10-6-2-1-5-9(10)13-15-11-7-3-4-8-12(11)17(13)14;1-2(3)4;3*1-2/h1-8H,(H,16,18);1H3,(H,3,4);3*1-2H3. The van der Waals surface area contributed by atoms with Gasteiger partial charge in [-0.25, -0.2) is 14.2 Å². The molecule has 2 aromatic heterocycles. The Kier molecular flexibility index (Phi) is 11.6. The summed E-state index contributed by atoms with van der Waals surface area (Å²) in [6.45, 7) is 13.1. The van der Waals surface area contributed by atoms with Gasteiger partial charge in [0.1, 0.15) is 0 Å². The van der Waals surface area contributed by atoms with Crippen LogP contribution in [0.15, 0.2) is 53.3 Å². The normalized spacial score (nSPS) is 8.96. The van der Waals surface area contributed by atoms with Gasteiger partial charge < -0.3 is 10.1 Å². The number of nitrogens with one attached hydrogen (secondary N) is 1. The molecule has 2 heterocycles. The Morgan fingerprint density at radius 3 is 2.04 bits per heavy atom. The lowest BCUT2D eigenvalue weighted by molar-refractivity contribution is -0.134. The number of nitrogens with zero attached hydrogens (tertiary/aromatic N) is 2. The summed E-state index contributed by atoms with van der Waals surface area (Å²) in [7, 11) is 0. The van der Waals surface area contributed by atoms with Gasteiger partial charge in [0.05, 0.1) is 16.6 Å². The van der Waals surface area contributed by atoms with Crippen molar-refractivity contribution < 1.29 is 9.90 Å². The molecule has 2 aromatic carbocycles. The molecule has 6 nitrogen and oxygen atoms in total. The first kappa shape index (κ1) is 24.8. The number of aliphatic carboxylic acids is 1. The third kappa shape index (κ3) is 5.94. The van der Waals surface area contributed by atoms with Crippen molar-refractivity contribution in [3.63, 3.8) is 0 Å². The molecule has 28 heavy (non-hydrogen) atoms. The number of para-hydroxylation sites is 3. The van der Waals surface area contributed by atoms with E-state index in [0.717, 1.165) is 28.9 Å². The predicted octanol–water partition coefficient (Wildman–Crippen LogP) is 5.50. The fourth-order valence-corrected chi connectivity index (χ4v) is 2.37. The second-order valence-corrected chi connectivity index (χ2v) is 4.75. The fraction of sp³-hybridized carbons (Fsp3) is 0.318. The lowest BCUT2D eigenvalue weighted by atomic mass is 10.2. The van der Waals surface area contributed by atoms with Crippen LogP contribution < -0.4 is 5.69 Å². The first-order valence-corrected chi connectivity index (χ1v) is 9.65. The van der Waals surface area contributed by atoms with E-state index in [2.05, 4.69) is 9.97 Å². The third-order valence-electron chi connectivity index (χ3n) is 3.17. The topological polar surface area (TPSA) is 87.5 Å². The van der Waals surface area contributed by atoms with Gasteiger partial charge in [-0.1, -0.05) is 65.8 Å². The highest BCUT2D eigenvalue weighted by atomic mass is 16.4. The molecule has 4 aromatic rings. The zero-order chi connectivity index (χ0) is 21.7. The summed E-state index contributed by atoms with van der Waals surface area (Å²) in [5.74, 6) is -0.833. The molecule has 0 aliphatic carbocycles. The van der Waals surface area contributed by atoms with E-state index < -0.39 is 5.97 Å². The van der Waals surface area contributed by atoms with Crippen molar-refractivity contribution in [1.29, 1.82) is 0 Å². The summed E-state index contributed by atoms with van der Waals surface area (Å²) >= 11 is 0. The SMILES string of the molecule is CC.CC.CC.CC(=O)O.O=c1[nH]c2ccccc2c2nc3ccccc3n12. The highest BCUT2D eigenvalue weighted by molar-refractivity contribution is 5.95. The second kappa shape index (κ2) is 13.1. The number of hydrogen-bond acceptors (Lipinski definition) is 3. The number of fused-ring (bicyclic) bond motifs is 5. The zero-order valence-corrected chi connectivity index (χ0v) is 17.8. The van der Waals surface area contributed by atoms with Gasteiger partial charge in [-0.15, -0.1) is 0 Å². The smallest absolute Gasteiger partial charge is 0.332 e. The molecule has 0 amide bonds. The Morgan fingerprint density at radius 1 is 0.929 bits per heavy atom. The predicted molar refractivity (Wildman–Crippen MR) is 118 cm³/mol. The molecule has 0 aliphatic heterocycles. The van der Waals surface area contributed by atoms with Gasteiger partial charge >= 0.3 is 5.69 Å². The van der Waals surface area contributed by atoms with E-state index in [4.69, 9.17) is 9.90 Å². The van der Waals surface area contributed by atoms with E-state index in [-0.39, 0.29) is 5.69 Å². The summed E-state index contributed by atoms with van der Waals surface area (Å²) in [6, 6.07) is 15.3. The monoisotopic (exact) mass is 385 g/mol. The van der Waals surface area contributed by atoms with Crippen molar-refractivity contribution in [1.82, 2.24) is 14.4 Å². The minimum Gasteiger partial charge on any atom is -0.481 e. The van der Waals surface area contributed by atoms with Gasteiger partial charge in [-0.2, -0.15) is 0 Å². The van der Waals surface area contributed by atoms with Gasteiger partial charge in [0.15, 0.2) is 5.65 Å². The molecule has 2 N–H and O–H groups in total. The van der Waals surface area contributed by atoms with E-state index in [1.54, 1.807) is 4.40 Å². The number of aromatic amines is 1. The van der Waals surface area contributed by atoms with Crippen LogP contribution in [0.25, 0.3) is 27.6 Å². The molecule has 0 radical (unpaired) electrons. The Bertz CT molecular complexity index is 1050. The summed E-state index contributed by atoms with van der Waals surface area (Å²) in [4.78, 5) is 28.6. The molecule has 0 saturated heterocycles. The number of carboxylic acid groups (broad SMARTS) is 1. The number of aromatic nitrogens is 3. The Morgan fingerprint density at radius 2 is 1.43 bits per heavy atom. The number of carboxylic acids is 1. The van der Waals surface area contributed by atoms with Crippen molar-refractivity contribution in [2.45, 2.75) is 48.5 Å². The number of imidazole rings is 1. The molecule has 4 rings (SSSR count). The van der Waals surface area contributed by atoms with Crippen LogP contribution in [0.4, 0.5) is 0 Å². The molecule has 0 spiro atoms. The maximum Gasteiger partial charge on any atom is 0.332 e. The van der Waals surface area contributed by atoms with Gasteiger partial charge in [-0.3, -0.25) is 4.79 Å². The van der Waals surface area contributed by atoms with Crippen molar-refractivity contribution in [2.24, 2.45) is 0 Å². The molecule has 0 atom stereocenters. The highest BCUT2D eigenvalue weighted by Gasteiger charge is 2.09. The van der Waals surface area contributed by atoms with Gasteiger partial charge in [0.2, 0.25) is 0 Å². The van der Waals surface area contributed by atoms with E-state index in [0.29, 0.717) is 5.65 Å². The van der Waals surface area contributed by atoms with Gasteiger partial charge in [0.25, 0.3) is 5.97 Å². The van der Waals surface area contributed by atoms with E-state index >= 15 is 0 Å². The molecule has 0 fully saturated rings. The minimum atomic E-state index is -0.833. The van der Waals surface area contributed by atoms with Crippen LogP contribution in [0, 0.1) is 0 Å².